The fraction of sp³-hybridized carbons (Fsp3) is 0.345. The number of allylic oxidation sites excluding steroid dienone is 5. The van der Waals surface area contributed by atoms with Crippen LogP contribution in [-0.4, -0.2) is 70.7 Å². The van der Waals surface area contributed by atoms with Gasteiger partial charge in [0, 0.05) is 56.5 Å². The van der Waals surface area contributed by atoms with Gasteiger partial charge in [0.2, 0.25) is 0 Å². The molecule has 1 aromatic carbocycles. The van der Waals surface area contributed by atoms with Crippen molar-refractivity contribution in [3.8, 4) is 11.4 Å². The summed E-state index contributed by atoms with van der Waals surface area (Å²) in [6, 6.07) is 7.67. The van der Waals surface area contributed by atoms with Gasteiger partial charge in [-0.15, -0.1) is 0 Å². The molecule has 3 N–H and O–H groups in total. The molecule has 7 nitrogen and oxygen atoms in total. The number of hydrogen-bond acceptors (Lipinski definition) is 7. The van der Waals surface area contributed by atoms with Crippen LogP contribution in [0.4, 0.5) is 5.82 Å². The van der Waals surface area contributed by atoms with E-state index in [1.54, 1.807) is 19.5 Å². The summed E-state index contributed by atoms with van der Waals surface area (Å²) in [5, 5.41) is 24.3. The van der Waals surface area contributed by atoms with Crippen LogP contribution in [0, 0.1) is 0 Å². The lowest BCUT2D eigenvalue weighted by Crippen LogP contribution is -2.45. The Morgan fingerprint density at radius 3 is 2.67 bits per heavy atom. The number of benzene rings is 1. The molecule has 1 aromatic heterocycles. The van der Waals surface area contributed by atoms with Crippen LogP contribution in [0.15, 0.2) is 72.5 Å². The fourth-order valence-corrected chi connectivity index (χ4v) is 4.28. The predicted octanol–water partition coefficient (Wildman–Crippen LogP) is 4.58. The summed E-state index contributed by atoms with van der Waals surface area (Å²) < 4.78 is 0. The first-order valence-corrected chi connectivity index (χ1v) is 12.1. The Hall–Kier alpha value is -3.55. The standard InChI is InChI=1S/C29H37N5O2/c1-7-20(18-34(5)6)21-10-8-11-22(15-21)28-31-17-24(23(16-30-4)14-19(2)3)29(33-28)32-25-12-9-13-26(35)27(25)36/h7-8,10-11,14-18,25-27,35-36H,1-2,9,12-13H2,3-6H3,(H,31,32,33)/b20-18+,23-14+,30-16-/t25-,26+,27-/m0/s1. The van der Waals surface area contributed by atoms with Gasteiger partial charge in [-0.25, -0.2) is 9.97 Å². The minimum Gasteiger partial charge on any atom is -0.390 e. The molecular formula is C29H37N5O2. The van der Waals surface area contributed by atoms with Gasteiger partial charge in [0.05, 0.1) is 18.2 Å². The third kappa shape index (κ3) is 6.77. The molecule has 1 aliphatic rings. The average molecular weight is 488 g/mol. The number of hydrogen-bond donors (Lipinski definition) is 3. The molecule has 7 heteroatoms. The van der Waals surface area contributed by atoms with Crippen LogP contribution in [0.2, 0.25) is 0 Å². The first-order valence-electron chi connectivity index (χ1n) is 12.1. The van der Waals surface area contributed by atoms with E-state index in [0.717, 1.165) is 46.3 Å². The van der Waals surface area contributed by atoms with Gasteiger partial charge in [0.15, 0.2) is 5.82 Å². The summed E-state index contributed by atoms with van der Waals surface area (Å²) in [7, 11) is 5.65. The number of aliphatic hydroxyl groups is 2. The highest BCUT2D eigenvalue weighted by Crippen LogP contribution is 2.30. The van der Waals surface area contributed by atoms with Crippen LogP contribution in [0.3, 0.4) is 0 Å². The molecule has 2 aromatic rings. The summed E-state index contributed by atoms with van der Waals surface area (Å²) >= 11 is 0. The monoisotopic (exact) mass is 487 g/mol. The van der Waals surface area contributed by atoms with Crippen molar-refractivity contribution in [2.24, 2.45) is 4.99 Å². The van der Waals surface area contributed by atoms with Gasteiger partial charge in [-0.2, -0.15) is 0 Å². The molecule has 3 rings (SSSR count). The number of rotatable bonds is 9. The largest absolute Gasteiger partial charge is 0.390 e. The first-order chi connectivity index (χ1) is 17.2. The quantitative estimate of drug-likeness (QED) is 0.354. The second kappa shape index (κ2) is 12.4. The van der Waals surface area contributed by atoms with E-state index in [0.29, 0.717) is 18.1 Å². The number of aliphatic hydroxyl groups excluding tert-OH is 2. The van der Waals surface area contributed by atoms with E-state index in [9.17, 15) is 10.2 Å². The summed E-state index contributed by atoms with van der Waals surface area (Å²) in [5.41, 5.74) is 5.27. The molecular weight excluding hydrogens is 450 g/mol. The van der Waals surface area contributed by atoms with Crippen molar-refractivity contribution in [1.29, 1.82) is 0 Å². The normalized spacial score (nSPS) is 20.9. The summed E-state index contributed by atoms with van der Waals surface area (Å²) in [6.45, 7) is 9.87. The number of nitrogens with zero attached hydrogens (tertiary/aromatic N) is 4. The fourth-order valence-electron chi connectivity index (χ4n) is 4.28. The van der Waals surface area contributed by atoms with Gasteiger partial charge < -0.3 is 20.4 Å². The smallest absolute Gasteiger partial charge is 0.161 e. The Morgan fingerprint density at radius 1 is 1.22 bits per heavy atom. The molecule has 1 fully saturated rings. The van der Waals surface area contributed by atoms with Crippen LogP contribution in [0.1, 0.15) is 37.3 Å². The lowest BCUT2D eigenvalue weighted by molar-refractivity contribution is -0.0161. The van der Waals surface area contributed by atoms with E-state index in [2.05, 4.69) is 28.5 Å². The van der Waals surface area contributed by atoms with Gasteiger partial charge in [0.1, 0.15) is 5.82 Å². The summed E-state index contributed by atoms with van der Waals surface area (Å²) in [5.74, 6) is 1.12. The van der Waals surface area contributed by atoms with Crippen LogP contribution in [0.25, 0.3) is 22.5 Å². The highest BCUT2D eigenvalue weighted by Gasteiger charge is 2.31. The van der Waals surface area contributed by atoms with Gasteiger partial charge in [-0.3, -0.25) is 4.99 Å². The highest BCUT2D eigenvalue weighted by molar-refractivity contribution is 6.12. The molecule has 0 amide bonds. The molecule has 0 radical (unpaired) electrons. The third-order valence-electron chi connectivity index (χ3n) is 5.98. The minimum absolute atomic E-state index is 0.332. The van der Waals surface area contributed by atoms with E-state index in [1.807, 2.05) is 68.5 Å². The van der Waals surface area contributed by atoms with E-state index < -0.39 is 12.2 Å². The number of anilines is 1. The van der Waals surface area contributed by atoms with Crippen molar-refractivity contribution in [1.82, 2.24) is 14.9 Å². The molecule has 1 saturated carbocycles. The van der Waals surface area contributed by atoms with Crippen molar-refractivity contribution in [3.63, 3.8) is 0 Å². The van der Waals surface area contributed by atoms with E-state index in [1.165, 1.54) is 0 Å². The van der Waals surface area contributed by atoms with E-state index >= 15 is 0 Å². The maximum atomic E-state index is 10.6. The van der Waals surface area contributed by atoms with Crippen molar-refractivity contribution >= 4 is 23.2 Å². The minimum atomic E-state index is -0.881. The lowest BCUT2D eigenvalue weighted by Gasteiger charge is -2.33. The van der Waals surface area contributed by atoms with Gasteiger partial charge in [-0.05, 0) is 43.4 Å². The van der Waals surface area contributed by atoms with Crippen LogP contribution in [-0.2, 0) is 0 Å². The Labute approximate surface area is 214 Å². The third-order valence-corrected chi connectivity index (χ3v) is 5.98. The van der Waals surface area contributed by atoms with Gasteiger partial charge in [-0.1, -0.05) is 49.1 Å². The molecule has 36 heavy (non-hydrogen) atoms. The van der Waals surface area contributed by atoms with Crippen LogP contribution < -0.4 is 5.32 Å². The maximum absolute atomic E-state index is 10.6. The van der Waals surface area contributed by atoms with Crippen LogP contribution in [0.5, 0.6) is 0 Å². The van der Waals surface area contributed by atoms with Crippen molar-refractivity contribution in [2.75, 3.05) is 26.5 Å². The van der Waals surface area contributed by atoms with Gasteiger partial charge >= 0.3 is 0 Å². The van der Waals surface area contributed by atoms with Gasteiger partial charge in [0.25, 0.3) is 0 Å². The maximum Gasteiger partial charge on any atom is 0.161 e. The van der Waals surface area contributed by atoms with Crippen LogP contribution >= 0.6 is 0 Å². The number of aliphatic imine (C=N–C) groups is 1. The molecule has 0 aliphatic heterocycles. The Bertz CT molecular complexity index is 1180. The zero-order valence-electron chi connectivity index (χ0n) is 21.6. The molecule has 3 atom stereocenters. The van der Waals surface area contributed by atoms with E-state index in [-0.39, 0.29) is 6.04 Å². The molecule has 0 unspecified atom stereocenters. The second-order valence-electron chi connectivity index (χ2n) is 9.36. The summed E-state index contributed by atoms with van der Waals surface area (Å²) in [6.07, 6.45) is 9.76. The van der Waals surface area contributed by atoms with Crippen molar-refractivity contribution in [3.05, 3.63) is 78.7 Å². The topological polar surface area (TPSA) is 93.9 Å². The average Bonchev–Trinajstić information content (AvgIpc) is 2.85. The molecule has 190 valence electrons. The molecule has 0 spiro atoms. The molecule has 1 aliphatic carbocycles. The number of aromatic nitrogens is 2. The Balaban J connectivity index is 2.11. The Kier molecular flexibility index (Phi) is 9.33. The second-order valence-corrected chi connectivity index (χ2v) is 9.36. The number of nitrogens with one attached hydrogen (secondary N) is 1. The lowest BCUT2D eigenvalue weighted by atomic mass is 9.90. The molecule has 1 heterocycles. The SMILES string of the molecule is C=C/C(=C\N(C)C)c1cccc(-c2ncc(C(/C=N\C)=C/C(=C)C)c(N[C@H]3CCC[C@@H](O)[C@H]3O)n2)c1. The highest BCUT2D eigenvalue weighted by atomic mass is 16.3. The zero-order valence-corrected chi connectivity index (χ0v) is 21.6. The first kappa shape index (κ1) is 27.0. The van der Waals surface area contributed by atoms with Crippen molar-refractivity contribution < 1.29 is 10.2 Å². The molecule has 0 bridgehead atoms. The van der Waals surface area contributed by atoms with E-state index in [4.69, 9.17) is 4.98 Å². The predicted molar refractivity (Wildman–Crippen MR) is 150 cm³/mol. The zero-order chi connectivity index (χ0) is 26.2. The summed E-state index contributed by atoms with van der Waals surface area (Å²) in [4.78, 5) is 15.8. The molecule has 0 saturated heterocycles. The Morgan fingerprint density at radius 2 is 2.00 bits per heavy atom. The van der Waals surface area contributed by atoms with Crippen molar-refractivity contribution in [2.45, 2.75) is 44.4 Å².